The summed E-state index contributed by atoms with van der Waals surface area (Å²) in [4.78, 5) is 24.3. The second-order valence-electron chi connectivity index (χ2n) is 7.37. The van der Waals surface area contributed by atoms with Gasteiger partial charge in [0.05, 0.1) is 11.4 Å². The number of benzene rings is 2. The lowest BCUT2D eigenvalue weighted by atomic mass is 10.2. The van der Waals surface area contributed by atoms with E-state index in [0.717, 1.165) is 19.3 Å². The van der Waals surface area contributed by atoms with Gasteiger partial charge in [-0.3, -0.25) is 9.59 Å². The van der Waals surface area contributed by atoms with Crippen molar-refractivity contribution in [3.63, 3.8) is 0 Å². The molecule has 9 heteroatoms. The van der Waals surface area contributed by atoms with E-state index in [4.69, 9.17) is 4.74 Å². The number of amides is 2. The minimum atomic E-state index is -3.61. The third-order valence-electron chi connectivity index (χ3n) is 4.96. The smallest absolute Gasteiger partial charge is 0.258 e. The van der Waals surface area contributed by atoms with Crippen LogP contribution in [0.25, 0.3) is 0 Å². The lowest BCUT2D eigenvalue weighted by Gasteiger charge is -2.26. The zero-order valence-electron chi connectivity index (χ0n) is 17.5. The Balaban J connectivity index is 1.55. The van der Waals surface area contributed by atoms with Crippen LogP contribution in [0.5, 0.6) is 5.75 Å². The van der Waals surface area contributed by atoms with Gasteiger partial charge in [0.1, 0.15) is 5.75 Å². The summed E-state index contributed by atoms with van der Waals surface area (Å²) in [5, 5.41) is 5.11. The number of nitrogens with zero attached hydrogens (tertiary/aromatic N) is 1. The molecule has 0 radical (unpaired) electrons. The fourth-order valence-electron chi connectivity index (χ4n) is 3.30. The minimum Gasteiger partial charge on any atom is -0.484 e. The van der Waals surface area contributed by atoms with Gasteiger partial charge in [0.25, 0.3) is 5.91 Å². The summed E-state index contributed by atoms with van der Waals surface area (Å²) in [6.07, 6.45) is 2.73. The number of anilines is 1. The van der Waals surface area contributed by atoms with E-state index in [1.165, 1.54) is 10.4 Å². The summed E-state index contributed by atoms with van der Waals surface area (Å²) in [5.41, 5.74) is 0.982. The summed E-state index contributed by atoms with van der Waals surface area (Å²) in [7, 11) is -3.61. The third-order valence-corrected chi connectivity index (χ3v) is 7.00. The second-order valence-corrected chi connectivity index (χ2v) is 9.28. The van der Waals surface area contributed by atoms with Crippen molar-refractivity contribution in [3.05, 3.63) is 54.1 Å². The maximum atomic E-state index is 13.0. The molecular weight excluding hydrogens is 418 g/mol. The fourth-order valence-corrected chi connectivity index (χ4v) is 5.07. The number of carbonyl (C=O) groups excluding carboxylic acids is 2. The van der Waals surface area contributed by atoms with E-state index >= 15 is 0 Å². The monoisotopic (exact) mass is 445 g/mol. The first-order valence-electron chi connectivity index (χ1n) is 10.2. The van der Waals surface area contributed by atoms with Gasteiger partial charge in [-0.05, 0) is 49.6 Å². The quantitative estimate of drug-likeness (QED) is 0.649. The SMILES string of the molecule is Cc1ccc(NC(=O)CNC(=O)COc2ccccc2)cc1S(=O)(=O)N1CCCCC1. The topological polar surface area (TPSA) is 105 Å². The second kappa shape index (κ2) is 10.4. The van der Waals surface area contributed by atoms with Gasteiger partial charge in [-0.25, -0.2) is 8.42 Å². The molecular formula is C22H27N3O5S. The first kappa shape index (κ1) is 22.8. The summed E-state index contributed by atoms with van der Waals surface area (Å²) in [6.45, 7) is 2.29. The highest BCUT2D eigenvalue weighted by molar-refractivity contribution is 7.89. The molecule has 2 amide bonds. The molecule has 1 fully saturated rings. The average molecular weight is 446 g/mol. The van der Waals surface area contributed by atoms with Crippen molar-refractivity contribution in [2.24, 2.45) is 0 Å². The Bertz CT molecular complexity index is 1020. The number of rotatable bonds is 8. The zero-order chi connectivity index (χ0) is 22.3. The van der Waals surface area contributed by atoms with Gasteiger partial charge in [0, 0.05) is 18.8 Å². The summed E-state index contributed by atoms with van der Waals surface area (Å²) in [6, 6.07) is 13.7. The summed E-state index contributed by atoms with van der Waals surface area (Å²) < 4.78 is 32.8. The van der Waals surface area contributed by atoms with E-state index in [1.54, 1.807) is 43.3 Å². The Hall–Kier alpha value is -2.91. The summed E-state index contributed by atoms with van der Waals surface area (Å²) in [5.74, 6) is -0.335. The number of hydrogen-bond donors (Lipinski definition) is 2. The predicted octanol–water partition coefficient (Wildman–Crippen LogP) is 2.30. The number of nitrogens with one attached hydrogen (secondary N) is 2. The molecule has 8 nitrogen and oxygen atoms in total. The van der Waals surface area contributed by atoms with Crippen LogP contribution < -0.4 is 15.4 Å². The molecule has 1 saturated heterocycles. The van der Waals surface area contributed by atoms with Crippen molar-refractivity contribution in [1.82, 2.24) is 9.62 Å². The van der Waals surface area contributed by atoms with E-state index in [9.17, 15) is 18.0 Å². The number of carbonyl (C=O) groups is 2. The van der Waals surface area contributed by atoms with Gasteiger partial charge in [0.2, 0.25) is 15.9 Å². The third kappa shape index (κ3) is 6.28. The molecule has 0 bridgehead atoms. The van der Waals surface area contributed by atoms with Gasteiger partial charge in [-0.1, -0.05) is 30.7 Å². The predicted molar refractivity (Wildman–Crippen MR) is 117 cm³/mol. The maximum absolute atomic E-state index is 13.0. The molecule has 3 rings (SSSR count). The normalized spacial score (nSPS) is 14.6. The van der Waals surface area contributed by atoms with E-state index in [0.29, 0.717) is 30.1 Å². The Labute approximate surface area is 182 Å². The summed E-state index contributed by atoms with van der Waals surface area (Å²) >= 11 is 0. The molecule has 2 N–H and O–H groups in total. The van der Waals surface area contributed by atoms with Crippen LogP contribution in [0.1, 0.15) is 24.8 Å². The van der Waals surface area contributed by atoms with Crippen molar-refractivity contribution in [3.8, 4) is 5.75 Å². The van der Waals surface area contributed by atoms with Gasteiger partial charge < -0.3 is 15.4 Å². The number of sulfonamides is 1. The molecule has 0 spiro atoms. The number of para-hydroxylation sites is 1. The van der Waals surface area contributed by atoms with Crippen molar-refractivity contribution < 1.29 is 22.7 Å². The van der Waals surface area contributed by atoms with Crippen LogP contribution in [0, 0.1) is 6.92 Å². The van der Waals surface area contributed by atoms with Gasteiger partial charge >= 0.3 is 0 Å². The lowest BCUT2D eigenvalue weighted by Crippen LogP contribution is -2.36. The fraction of sp³-hybridized carbons (Fsp3) is 0.364. The highest BCUT2D eigenvalue weighted by Crippen LogP contribution is 2.26. The molecule has 1 aliphatic rings. The van der Waals surface area contributed by atoms with Crippen molar-refractivity contribution in [2.75, 3.05) is 31.6 Å². The van der Waals surface area contributed by atoms with E-state index in [-0.39, 0.29) is 18.0 Å². The molecule has 1 aliphatic heterocycles. The number of aryl methyl sites for hydroxylation is 1. The zero-order valence-corrected chi connectivity index (χ0v) is 18.3. The molecule has 2 aromatic carbocycles. The van der Waals surface area contributed by atoms with Gasteiger partial charge in [-0.2, -0.15) is 4.31 Å². The molecule has 1 heterocycles. The Kier molecular flexibility index (Phi) is 7.64. The maximum Gasteiger partial charge on any atom is 0.258 e. The highest BCUT2D eigenvalue weighted by atomic mass is 32.2. The molecule has 0 saturated carbocycles. The van der Waals surface area contributed by atoms with Crippen molar-refractivity contribution in [2.45, 2.75) is 31.1 Å². The highest BCUT2D eigenvalue weighted by Gasteiger charge is 2.27. The van der Waals surface area contributed by atoms with E-state index in [1.807, 2.05) is 6.07 Å². The van der Waals surface area contributed by atoms with Crippen LogP contribution in [0.4, 0.5) is 5.69 Å². The molecule has 31 heavy (non-hydrogen) atoms. The first-order valence-corrected chi connectivity index (χ1v) is 11.7. The van der Waals surface area contributed by atoms with E-state index in [2.05, 4.69) is 10.6 Å². The number of piperidine rings is 1. The Morgan fingerprint density at radius 1 is 1.00 bits per heavy atom. The van der Waals surface area contributed by atoms with Crippen LogP contribution in [-0.2, 0) is 19.6 Å². The van der Waals surface area contributed by atoms with E-state index < -0.39 is 21.8 Å². The van der Waals surface area contributed by atoms with Crippen molar-refractivity contribution in [1.29, 1.82) is 0 Å². The Morgan fingerprint density at radius 3 is 2.42 bits per heavy atom. The molecule has 2 aromatic rings. The minimum absolute atomic E-state index is 0.187. The molecule has 166 valence electrons. The number of ether oxygens (including phenoxy) is 1. The van der Waals surface area contributed by atoms with Gasteiger partial charge in [-0.15, -0.1) is 0 Å². The first-order chi connectivity index (χ1) is 14.9. The van der Waals surface area contributed by atoms with Crippen LogP contribution in [-0.4, -0.2) is 50.8 Å². The molecule has 0 atom stereocenters. The molecule has 0 unspecified atom stereocenters. The van der Waals surface area contributed by atoms with Gasteiger partial charge in [0.15, 0.2) is 6.61 Å². The molecule has 0 aromatic heterocycles. The van der Waals surface area contributed by atoms with Crippen LogP contribution >= 0.6 is 0 Å². The number of hydrogen-bond acceptors (Lipinski definition) is 5. The van der Waals surface area contributed by atoms with Crippen LogP contribution in [0.3, 0.4) is 0 Å². The van der Waals surface area contributed by atoms with Crippen molar-refractivity contribution >= 4 is 27.5 Å². The lowest BCUT2D eigenvalue weighted by molar-refractivity contribution is -0.125. The largest absolute Gasteiger partial charge is 0.484 e. The molecule has 0 aliphatic carbocycles. The van der Waals surface area contributed by atoms with Crippen LogP contribution in [0.2, 0.25) is 0 Å². The van der Waals surface area contributed by atoms with Crippen LogP contribution in [0.15, 0.2) is 53.4 Å². The Morgan fingerprint density at radius 2 is 1.71 bits per heavy atom. The average Bonchev–Trinajstić information content (AvgIpc) is 2.78. The standard InChI is InChI=1S/C22H27N3O5S/c1-17-10-11-18(14-20(17)31(28,29)25-12-6-3-7-13-25)24-21(26)15-23-22(27)16-30-19-8-4-2-5-9-19/h2,4-5,8-11,14H,3,6-7,12-13,15-16H2,1H3,(H,23,27)(H,24,26).